The molecule has 0 fully saturated rings. The Hall–Kier alpha value is -4.11. The number of hydrogen-bond donors (Lipinski definition) is 0. The molecule has 0 N–H and O–H groups in total. The molecule has 0 unspecified atom stereocenters. The monoisotopic (exact) mass is 471 g/mol. The van der Waals surface area contributed by atoms with Crippen LogP contribution >= 0.6 is 0 Å². The van der Waals surface area contributed by atoms with Crippen molar-refractivity contribution in [1.29, 1.82) is 0 Å². The van der Waals surface area contributed by atoms with E-state index in [-0.39, 0.29) is 0 Å². The number of allylic oxidation sites excluding steroid dienone is 3. The van der Waals surface area contributed by atoms with Crippen LogP contribution in [0.2, 0.25) is 0 Å². The standard InChI is InChI=1S/C33H33N3/c1-7-22(4)25-10-16-28(17-11-25)31-34-32(29-18-12-26(13-19-29)23(5)8-2)36-33(35-31)30-20-14-27(15-21-30)24(6)9-3/h10-21H,4-9H2,1-3H3. The Morgan fingerprint density at radius 1 is 0.444 bits per heavy atom. The Bertz CT molecular complexity index is 1210. The van der Waals surface area contributed by atoms with Gasteiger partial charge >= 0.3 is 0 Å². The molecule has 0 saturated carbocycles. The van der Waals surface area contributed by atoms with Crippen LogP contribution in [-0.2, 0) is 0 Å². The van der Waals surface area contributed by atoms with E-state index in [4.69, 9.17) is 15.0 Å². The summed E-state index contributed by atoms with van der Waals surface area (Å²) in [7, 11) is 0. The summed E-state index contributed by atoms with van der Waals surface area (Å²) in [4.78, 5) is 14.6. The van der Waals surface area contributed by atoms with Gasteiger partial charge in [-0.3, -0.25) is 0 Å². The highest BCUT2D eigenvalue weighted by Crippen LogP contribution is 2.28. The van der Waals surface area contributed by atoms with Gasteiger partial charge in [0, 0.05) is 16.7 Å². The molecule has 0 spiro atoms. The maximum absolute atomic E-state index is 4.87. The van der Waals surface area contributed by atoms with Crippen molar-refractivity contribution in [2.24, 2.45) is 0 Å². The molecule has 4 rings (SSSR count). The highest BCUT2D eigenvalue weighted by molar-refractivity contribution is 5.72. The van der Waals surface area contributed by atoms with Gasteiger partial charge < -0.3 is 0 Å². The lowest BCUT2D eigenvalue weighted by Crippen LogP contribution is -2.00. The van der Waals surface area contributed by atoms with Crippen molar-refractivity contribution in [1.82, 2.24) is 15.0 Å². The fourth-order valence-corrected chi connectivity index (χ4v) is 3.94. The van der Waals surface area contributed by atoms with Crippen LogP contribution in [0, 0.1) is 0 Å². The zero-order valence-corrected chi connectivity index (χ0v) is 21.5. The van der Waals surface area contributed by atoms with Gasteiger partial charge in [0.15, 0.2) is 17.5 Å². The van der Waals surface area contributed by atoms with Crippen molar-refractivity contribution in [3.63, 3.8) is 0 Å². The van der Waals surface area contributed by atoms with Gasteiger partial charge in [0.1, 0.15) is 0 Å². The topological polar surface area (TPSA) is 38.7 Å². The van der Waals surface area contributed by atoms with E-state index < -0.39 is 0 Å². The lowest BCUT2D eigenvalue weighted by molar-refractivity contribution is 1.07. The van der Waals surface area contributed by atoms with Gasteiger partial charge in [0.25, 0.3) is 0 Å². The van der Waals surface area contributed by atoms with Crippen LogP contribution in [0.25, 0.3) is 50.9 Å². The highest BCUT2D eigenvalue weighted by atomic mass is 15.0. The first-order valence-electron chi connectivity index (χ1n) is 12.5. The van der Waals surface area contributed by atoms with Crippen molar-refractivity contribution in [2.45, 2.75) is 40.0 Å². The van der Waals surface area contributed by atoms with Crippen molar-refractivity contribution in [3.05, 3.63) is 109 Å². The average molecular weight is 472 g/mol. The van der Waals surface area contributed by atoms with Gasteiger partial charge in [-0.25, -0.2) is 15.0 Å². The molecule has 0 saturated heterocycles. The first-order chi connectivity index (χ1) is 17.4. The molecule has 0 amide bonds. The van der Waals surface area contributed by atoms with E-state index in [9.17, 15) is 0 Å². The van der Waals surface area contributed by atoms with Crippen LogP contribution in [0.5, 0.6) is 0 Å². The third kappa shape index (κ3) is 5.41. The normalized spacial score (nSPS) is 10.8. The molecule has 1 aromatic heterocycles. The molecule has 0 aliphatic carbocycles. The zero-order chi connectivity index (χ0) is 25.7. The first kappa shape index (κ1) is 25.0. The van der Waals surface area contributed by atoms with E-state index >= 15 is 0 Å². The molecular weight excluding hydrogens is 438 g/mol. The fraction of sp³-hybridized carbons (Fsp3) is 0.182. The Labute approximate surface area is 215 Å². The third-order valence-corrected chi connectivity index (χ3v) is 6.57. The smallest absolute Gasteiger partial charge is 0.164 e. The molecule has 0 atom stereocenters. The molecular formula is C33H33N3. The minimum Gasteiger partial charge on any atom is -0.208 e. The summed E-state index contributed by atoms with van der Waals surface area (Å²) in [5.41, 5.74) is 9.57. The summed E-state index contributed by atoms with van der Waals surface area (Å²) in [5, 5.41) is 0. The van der Waals surface area contributed by atoms with Crippen molar-refractivity contribution in [2.75, 3.05) is 0 Å². The summed E-state index contributed by atoms with van der Waals surface area (Å²) < 4.78 is 0. The van der Waals surface area contributed by atoms with Crippen LogP contribution in [-0.4, -0.2) is 15.0 Å². The molecule has 180 valence electrons. The molecule has 3 aromatic carbocycles. The molecule has 3 nitrogen and oxygen atoms in total. The van der Waals surface area contributed by atoms with Crippen LogP contribution < -0.4 is 0 Å². The van der Waals surface area contributed by atoms with Gasteiger partial charge in [-0.05, 0) is 52.7 Å². The van der Waals surface area contributed by atoms with E-state index in [1.165, 1.54) is 0 Å². The molecule has 0 bridgehead atoms. The Morgan fingerprint density at radius 2 is 0.667 bits per heavy atom. The number of benzene rings is 3. The highest BCUT2D eigenvalue weighted by Gasteiger charge is 2.13. The largest absolute Gasteiger partial charge is 0.208 e. The summed E-state index contributed by atoms with van der Waals surface area (Å²) in [5.74, 6) is 1.94. The predicted octanol–water partition coefficient (Wildman–Crippen LogP) is 9.14. The first-order valence-corrected chi connectivity index (χ1v) is 12.5. The average Bonchev–Trinajstić information content (AvgIpc) is 2.95. The van der Waals surface area contributed by atoms with E-state index in [1.807, 2.05) is 0 Å². The van der Waals surface area contributed by atoms with Crippen LogP contribution in [0.15, 0.2) is 92.5 Å². The molecule has 0 aliphatic heterocycles. The Morgan fingerprint density at radius 3 is 0.861 bits per heavy atom. The van der Waals surface area contributed by atoms with Crippen molar-refractivity contribution >= 4 is 16.7 Å². The number of rotatable bonds is 9. The SMILES string of the molecule is C=C(CC)c1ccc(-c2nc(-c3ccc(C(=C)CC)cc3)nc(-c3ccc(C(=C)CC)cc3)n2)cc1. The van der Waals surface area contributed by atoms with Gasteiger partial charge in [-0.2, -0.15) is 0 Å². The van der Waals surface area contributed by atoms with Gasteiger partial charge in [-0.1, -0.05) is 113 Å². The van der Waals surface area contributed by atoms with Gasteiger partial charge in [0.05, 0.1) is 0 Å². The van der Waals surface area contributed by atoms with Crippen molar-refractivity contribution in [3.8, 4) is 34.2 Å². The van der Waals surface area contributed by atoms with Gasteiger partial charge in [-0.15, -0.1) is 0 Å². The molecule has 36 heavy (non-hydrogen) atoms. The fourth-order valence-electron chi connectivity index (χ4n) is 3.94. The van der Waals surface area contributed by atoms with E-state index in [0.717, 1.165) is 69.4 Å². The number of aromatic nitrogens is 3. The molecule has 0 radical (unpaired) electrons. The summed E-state index contributed by atoms with van der Waals surface area (Å²) in [6.45, 7) is 18.8. The quantitative estimate of drug-likeness (QED) is 0.244. The number of hydrogen-bond acceptors (Lipinski definition) is 3. The van der Waals surface area contributed by atoms with Gasteiger partial charge in [0.2, 0.25) is 0 Å². The molecule has 1 heterocycles. The predicted molar refractivity (Wildman–Crippen MR) is 154 cm³/mol. The Balaban J connectivity index is 1.80. The molecule has 0 aliphatic rings. The van der Waals surface area contributed by atoms with Crippen LogP contribution in [0.4, 0.5) is 0 Å². The van der Waals surface area contributed by atoms with Crippen LogP contribution in [0.3, 0.4) is 0 Å². The second kappa shape index (κ2) is 11.1. The molecule has 4 aromatic rings. The Kier molecular flexibility index (Phi) is 7.70. The second-order valence-corrected chi connectivity index (χ2v) is 8.91. The van der Waals surface area contributed by atoms with Crippen molar-refractivity contribution < 1.29 is 0 Å². The minimum atomic E-state index is 0.646. The van der Waals surface area contributed by atoms with E-state index in [1.54, 1.807) is 0 Å². The summed E-state index contributed by atoms with van der Waals surface area (Å²) in [6, 6.07) is 24.8. The third-order valence-electron chi connectivity index (χ3n) is 6.57. The maximum Gasteiger partial charge on any atom is 0.164 e. The summed E-state index contributed by atoms with van der Waals surface area (Å²) >= 11 is 0. The number of nitrogens with zero attached hydrogens (tertiary/aromatic N) is 3. The lowest BCUT2D eigenvalue weighted by Gasteiger charge is -2.11. The molecule has 3 heteroatoms. The second-order valence-electron chi connectivity index (χ2n) is 8.91. The van der Waals surface area contributed by atoms with E-state index in [0.29, 0.717) is 17.5 Å². The van der Waals surface area contributed by atoms with Crippen LogP contribution in [0.1, 0.15) is 56.7 Å². The van der Waals surface area contributed by atoms with E-state index in [2.05, 4.69) is 113 Å². The zero-order valence-electron chi connectivity index (χ0n) is 21.5. The lowest BCUT2D eigenvalue weighted by atomic mass is 10.0. The minimum absolute atomic E-state index is 0.646. The maximum atomic E-state index is 4.87. The summed E-state index contributed by atoms with van der Waals surface area (Å²) in [6.07, 6.45) is 2.75.